The normalized spacial score (nSPS) is 10.1. The molecule has 0 fully saturated rings. The Morgan fingerprint density at radius 2 is 1.77 bits per heavy atom. The molecule has 0 atom stereocenters. The Bertz CT molecular complexity index is 659. The van der Waals surface area contributed by atoms with Crippen molar-refractivity contribution < 1.29 is 9.53 Å². The number of amides is 1. The van der Waals surface area contributed by atoms with E-state index >= 15 is 0 Å². The smallest absolute Gasteiger partial charge is 0.224 e. The number of hydrogen-bond acceptors (Lipinski definition) is 3. The number of para-hydroxylation sites is 1. The molecule has 0 aliphatic rings. The van der Waals surface area contributed by atoms with Crippen molar-refractivity contribution in [2.75, 3.05) is 18.5 Å². The van der Waals surface area contributed by atoms with Crippen LogP contribution in [-0.4, -0.2) is 19.1 Å². The first kappa shape index (κ1) is 22.0. The highest BCUT2D eigenvalue weighted by atomic mass is 35.5. The van der Waals surface area contributed by atoms with E-state index in [2.05, 4.69) is 24.5 Å². The van der Waals surface area contributed by atoms with E-state index in [1.807, 2.05) is 48.5 Å². The van der Waals surface area contributed by atoms with Gasteiger partial charge in [0.25, 0.3) is 0 Å². The van der Waals surface area contributed by atoms with Crippen molar-refractivity contribution in [2.24, 2.45) is 0 Å². The molecule has 0 radical (unpaired) electrons. The highest BCUT2D eigenvalue weighted by molar-refractivity contribution is 5.91. The van der Waals surface area contributed by atoms with E-state index in [1.165, 1.54) is 0 Å². The molecule has 0 unspecified atom stereocenters. The van der Waals surface area contributed by atoms with Gasteiger partial charge in [-0.25, -0.2) is 0 Å². The Labute approximate surface area is 162 Å². The van der Waals surface area contributed by atoms with Gasteiger partial charge in [0.05, 0.1) is 6.61 Å². The molecule has 0 aliphatic carbocycles. The number of carbonyl (C=O) groups is 1. The maximum absolute atomic E-state index is 12.3. The minimum atomic E-state index is 0. The molecule has 0 bridgehead atoms. The fourth-order valence-electron chi connectivity index (χ4n) is 2.50. The van der Waals surface area contributed by atoms with Gasteiger partial charge in [-0.15, -0.1) is 12.4 Å². The van der Waals surface area contributed by atoms with E-state index in [0.29, 0.717) is 6.42 Å². The van der Waals surface area contributed by atoms with Gasteiger partial charge in [0, 0.05) is 18.7 Å². The number of ether oxygens (including phenoxy) is 1. The van der Waals surface area contributed by atoms with Crippen LogP contribution in [0.4, 0.5) is 5.69 Å². The monoisotopic (exact) mass is 376 g/mol. The molecule has 5 heteroatoms. The Morgan fingerprint density at radius 3 is 2.46 bits per heavy atom. The van der Waals surface area contributed by atoms with Gasteiger partial charge in [-0.1, -0.05) is 44.2 Å². The van der Waals surface area contributed by atoms with E-state index in [9.17, 15) is 4.79 Å². The van der Waals surface area contributed by atoms with E-state index in [1.54, 1.807) is 0 Å². The quantitative estimate of drug-likeness (QED) is 0.638. The number of rotatable bonds is 10. The summed E-state index contributed by atoms with van der Waals surface area (Å²) in [5.74, 6) is 0.919. The second kappa shape index (κ2) is 12.3. The van der Waals surface area contributed by atoms with Crippen LogP contribution in [0.25, 0.3) is 0 Å². The molecule has 142 valence electrons. The molecule has 0 heterocycles. The van der Waals surface area contributed by atoms with E-state index < -0.39 is 0 Å². The topological polar surface area (TPSA) is 50.4 Å². The molecule has 2 aromatic rings. The molecule has 0 aromatic heterocycles. The lowest BCUT2D eigenvalue weighted by molar-refractivity contribution is -0.116. The van der Waals surface area contributed by atoms with Crippen molar-refractivity contribution in [3.8, 4) is 5.75 Å². The van der Waals surface area contributed by atoms with Crippen LogP contribution < -0.4 is 15.4 Å². The van der Waals surface area contributed by atoms with Crippen LogP contribution in [0.3, 0.4) is 0 Å². The summed E-state index contributed by atoms with van der Waals surface area (Å²) in [7, 11) is 0. The van der Waals surface area contributed by atoms with Crippen molar-refractivity contribution in [1.29, 1.82) is 0 Å². The van der Waals surface area contributed by atoms with E-state index in [4.69, 9.17) is 4.74 Å². The fourth-order valence-corrected chi connectivity index (χ4v) is 2.50. The predicted octanol–water partition coefficient (Wildman–Crippen LogP) is 4.58. The first-order valence-corrected chi connectivity index (χ1v) is 9.03. The minimum absolute atomic E-state index is 0. The van der Waals surface area contributed by atoms with Crippen molar-refractivity contribution >= 4 is 24.0 Å². The lowest BCUT2D eigenvalue weighted by Crippen LogP contribution is -2.17. The molecular weight excluding hydrogens is 348 g/mol. The van der Waals surface area contributed by atoms with Gasteiger partial charge in [0.15, 0.2) is 0 Å². The summed E-state index contributed by atoms with van der Waals surface area (Å²) < 4.78 is 5.57. The van der Waals surface area contributed by atoms with Gasteiger partial charge >= 0.3 is 0 Å². The van der Waals surface area contributed by atoms with Crippen LogP contribution in [0, 0.1) is 0 Å². The number of nitrogens with one attached hydrogen (secondary N) is 2. The van der Waals surface area contributed by atoms with Crippen LogP contribution in [0.1, 0.15) is 37.8 Å². The Morgan fingerprint density at radius 1 is 1.04 bits per heavy atom. The number of anilines is 1. The number of carbonyl (C=O) groups excluding carboxylic acids is 1. The number of hydrogen-bond donors (Lipinski definition) is 2. The van der Waals surface area contributed by atoms with Crippen LogP contribution in [0.5, 0.6) is 5.75 Å². The highest BCUT2D eigenvalue weighted by Crippen LogP contribution is 2.17. The average molecular weight is 377 g/mol. The second-order valence-electron chi connectivity index (χ2n) is 5.98. The SMILES string of the molecule is CCCOc1ccc(CCC(=O)Nc2ccccc2CNCC)cc1.Cl. The van der Waals surface area contributed by atoms with Crippen molar-refractivity contribution in [2.45, 2.75) is 39.7 Å². The summed E-state index contributed by atoms with van der Waals surface area (Å²) in [5.41, 5.74) is 3.13. The lowest BCUT2D eigenvalue weighted by atomic mass is 10.1. The second-order valence-corrected chi connectivity index (χ2v) is 5.98. The Hall–Kier alpha value is -2.04. The summed E-state index contributed by atoms with van der Waals surface area (Å²) in [6.45, 7) is 6.55. The molecule has 1 amide bonds. The molecule has 26 heavy (non-hydrogen) atoms. The van der Waals surface area contributed by atoms with Gasteiger partial charge < -0.3 is 15.4 Å². The maximum atomic E-state index is 12.3. The van der Waals surface area contributed by atoms with Crippen LogP contribution in [0.15, 0.2) is 48.5 Å². The van der Waals surface area contributed by atoms with Gasteiger partial charge in [0.1, 0.15) is 5.75 Å². The molecule has 0 saturated heterocycles. The molecular formula is C21H29ClN2O2. The molecule has 2 N–H and O–H groups in total. The standard InChI is InChI=1S/C21H28N2O2.ClH/c1-3-15-25-19-12-9-17(10-13-19)11-14-21(24)23-20-8-6-5-7-18(20)16-22-4-2;/h5-10,12-13,22H,3-4,11,14-16H2,1-2H3,(H,23,24);1H. The van der Waals surface area contributed by atoms with Gasteiger partial charge in [-0.2, -0.15) is 0 Å². The summed E-state index contributed by atoms with van der Waals surface area (Å²) in [5, 5.41) is 6.32. The number of halogens is 1. The van der Waals surface area contributed by atoms with Crippen molar-refractivity contribution in [3.05, 3.63) is 59.7 Å². The molecule has 2 rings (SSSR count). The van der Waals surface area contributed by atoms with Gasteiger partial charge in [-0.3, -0.25) is 4.79 Å². The maximum Gasteiger partial charge on any atom is 0.224 e. The minimum Gasteiger partial charge on any atom is -0.494 e. The summed E-state index contributed by atoms with van der Waals surface area (Å²) in [6.07, 6.45) is 2.18. The van der Waals surface area contributed by atoms with Crippen LogP contribution >= 0.6 is 12.4 Å². The summed E-state index contributed by atoms with van der Waals surface area (Å²) in [6, 6.07) is 15.9. The summed E-state index contributed by atoms with van der Waals surface area (Å²) in [4.78, 5) is 12.3. The molecule has 0 spiro atoms. The first-order chi connectivity index (χ1) is 12.2. The molecule has 4 nitrogen and oxygen atoms in total. The van der Waals surface area contributed by atoms with Gasteiger partial charge in [-0.05, 0) is 48.7 Å². The third-order valence-electron chi connectivity index (χ3n) is 3.89. The Balaban J connectivity index is 0.00000338. The molecule has 0 saturated carbocycles. The molecule has 2 aromatic carbocycles. The molecule has 0 aliphatic heterocycles. The Kier molecular flexibility index (Phi) is 10.4. The van der Waals surface area contributed by atoms with E-state index in [0.717, 1.165) is 55.1 Å². The van der Waals surface area contributed by atoms with Crippen LogP contribution in [-0.2, 0) is 17.8 Å². The van der Waals surface area contributed by atoms with Gasteiger partial charge in [0.2, 0.25) is 5.91 Å². The lowest BCUT2D eigenvalue weighted by Gasteiger charge is -2.11. The largest absolute Gasteiger partial charge is 0.494 e. The van der Waals surface area contributed by atoms with Crippen molar-refractivity contribution in [1.82, 2.24) is 5.32 Å². The van der Waals surface area contributed by atoms with E-state index in [-0.39, 0.29) is 18.3 Å². The first-order valence-electron chi connectivity index (χ1n) is 9.03. The zero-order chi connectivity index (χ0) is 17.9. The third kappa shape index (κ3) is 7.46. The zero-order valence-electron chi connectivity index (χ0n) is 15.6. The number of benzene rings is 2. The highest BCUT2D eigenvalue weighted by Gasteiger charge is 2.07. The van der Waals surface area contributed by atoms with Crippen molar-refractivity contribution in [3.63, 3.8) is 0 Å². The predicted molar refractivity (Wildman–Crippen MR) is 110 cm³/mol. The van der Waals surface area contributed by atoms with Crippen LogP contribution in [0.2, 0.25) is 0 Å². The third-order valence-corrected chi connectivity index (χ3v) is 3.89. The average Bonchev–Trinajstić information content (AvgIpc) is 2.65. The zero-order valence-corrected chi connectivity index (χ0v) is 16.4. The number of aryl methyl sites for hydroxylation is 1. The summed E-state index contributed by atoms with van der Waals surface area (Å²) >= 11 is 0. The fraction of sp³-hybridized carbons (Fsp3) is 0.381.